The van der Waals surface area contributed by atoms with Crippen molar-refractivity contribution in [2.45, 2.75) is 81.1 Å². The Bertz CT molecular complexity index is 630. The van der Waals surface area contributed by atoms with Gasteiger partial charge in [0.1, 0.15) is 0 Å². The molecule has 0 spiro atoms. The van der Waals surface area contributed by atoms with Crippen LogP contribution in [0.3, 0.4) is 0 Å². The van der Waals surface area contributed by atoms with Gasteiger partial charge in [-0.15, -0.1) is 0 Å². The van der Waals surface area contributed by atoms with Crippen LogP contribution in [0.25, 0.3) is 0 Å². The molecule has 0 saturated heterocycles. The third kappa shape index (κ3) is 9.22. The van der Waals surface area contributed by atoms with Gasteiger partial charge in [-0.1, -0.05) is 68.6 Å². The average molecular weight is 456 g/mol. The molecule has 160 valence electrons. The van der Waals surface area contributed by atoms with E-state index in [1.54, 1.807) is 0 Å². The minimum atomic E-state index is -0.291. The number of allylic oxidation sites excluding steroid dienone is 5. The van der Waals surface area contributed by atoms with E-state index in [0.29, 0.717) is 13.0 Å². The number of unbranched alkanes of at least 4 members (excludes halogenated alkanes) is 1. The van der Waals surface area contributed by atoms with E-state index in [-0.39, 0.29) is 23.2 Å². The highest BCUT2D eigenvalue weighted by molar-refractivity contribution is 9.12. The highest BCUT2D eigenvalue weighted by atomic mass is 79.9. The first-order valence-electron chi connectivity index (χ1n) is 10.1. The van der Waals surface area contributed by atoms with E-state index in [4.69, 9.17) is 4.74 Å². The number of carbonyl (C=O) groups excluding carboxylic acids is 2. The molecular formula is C23H38BrNO3. The summed E-state index contributed by atoms with van der Waals surface area (Å²) < 4.78 is 6.18. The maximum Gasteiger partial charge on any atom is 0.302 e. The second-order valence-electron chi connectivity index (χ2n) is 7.94. The van der Waals surface area contributed by atoms with Gasteiger partial charge in [-0.3, -0.25) is 9.59 Å². The van der Waals surface area contributed by atoms with Crippen LogP contribution in [0.4, 0.5) is 0 Å². The predicted octanol–water partition coefficient (Wildman–Crippen LogP) is 6.43. The number of rotatable bonds is 11. The molecule has 1 unspecified atom stereocenters. The lowest BCUT2D eigenvalue weighted by Gasteiger charge is -2.33. The Morgan fingerprint density at radius 2 is 1.79 bits per heavy atom. The van der Waals surface area contributed by atoms with Crippen LogP contribution in [-0.4, -0.2) is 18.5 Å². The van der Waals surface area contributed by atoms with Crippen LogP contribution >= 0.6 is 15.9 Å². The van der Waals surface area contributed by atoms with Crippen LogP contribution in [0, 0.1) is 11.3 Å². The maximum atomic E-state index is 12.9. The number of esters is 1. The average Bonchev–Trinajstić information content (AvgIpc) is 2.65. The van der Waals surface area contributed by atoms with Crippen molar-refractivity contribution in [3.05, 3.63) is 33.5 Å². The quantitative estimate of drug-likeness (QED) is 0.288. The molecule has 0 aromatic rings. The molecule has 0 aliphatic carbocycles. The fourth-order valence-electron chi connectivity index (χ4n) is 3.08. The van der Waals surface area contributed by atoms with Crippen LogP contribution in [0.2, 0.25) is 0 Å². The zero-order valence-corrected chi connectivity index (χ0v) is 20.5. The Hall–Kier alpha value is -1.36. The number of carbonyl (C=O) groups is 2. The summed E-state index contributed by atoms with van der Waals surface area (Å²) in [4.78, 5) is 24.1. The number of amides is 1. The molecule has 0 aromatic heterocycles. The molecule has 28 heavy (non-hydrogen) atoms. The van der Waals surface area contributed by atoms with Gasteiger partial charge in [0.05, 0.1) is 6.61 Å². The van der Waals surface area contributed by atoms with E-state index in [1.807, 2.05) is 40.7 Å². The molecule has 0 radical (unpaired) electrons. The van der Waals surface area contributed by atoms with Gasteiger partial charge >= 0.3 is 5.97 Å². The van der Waals surface area contributed by atoms with Crippen LogP contribution in [0.15, 0.2) is 33.5 Å². The Balaban J connectivity index is 5.49. The Morgan fingerprint density at radius 1 is 1.18 bits per heavy atom. The van der Waals surface area contributed by atoms with Crippen molar-refractivity contribution in [1.29, 1.82) is 0 Å². The second kappa shape index (κ2) is 13.0. The van der Waals surface area contributed by atoms with Gasteiger partial charge in [0.2, 0.25) is 5.91 Å². The third-order valence-electron chi connectivity index (χ3n) is 5.06. The lowest BCUT2D eigenvalue weighted by molar-refractivity contribution is -0.145. The minimum absolute atomic E-state index is 0.0160. The van der Waals surface area contributed by atoms with Crippen molar-refractivity contribution < 1.29 is 14.3 Å². The van der Waals surface area contributed by atoms with Gasteiger partial charge in [0.25, 0.3) is 0 Å². The van der Waals surface area contributed by atoms with E-state index < -0.39 is 0 Å². The van der Waals surface area contributed by atoms with Crippen molar-refractivity contribution in [3.8, 4) is 0 Å². The molecule has 0 fully saturated rings. The molecule has 0 aromatic carbocycles. The monoisotopic (exact) mass is 455 g/mol. The van der Waals surface area contributed by atoms with E-state index in [9.17, 15) is 9.59 Å². The van der Waals surface area contributed by atoms with Gasteiger partial charge in [-0.05, 0) is 44.3 Å². The van der Waals surface area contributed by atoms with Crippen molar-refractivity contribution >= 4 is 27.8 Å². The number of nitrogens with one attached hydrogen (secondary N) is 1. The molecule has 0 bridgehead atoms. The van der Waals surface area contributed by atoms with Crippen molar-refractivity contribution in [2.75, 3.05) is 6.61 Å². The largest absolute Gasteiger partial charge is 0.465 e. The first-order valence-corrected chi connectivity index (χ1v) is 10.9. The highest BCUT2D eigenvalue weighted by Gasteiger charge is 2.31. The summed E-state index contributed by atoms with van der Waals surface area (Å²) in [6, 6.07) is 0. The van der Waals surface area contributed by atoms with E-state index in [0.717, 1.165) is 40.6 Å². The second-order valence-corrected chi connectivity index (χ2v) is 8.79. The molecule has 1 amide bonds. The lowest BCUT2D eigenvalue weighted by Crippen LogP contribution is -2.35. The molecule has 1 N–H and O–H groups in total. The number of hydrogen-bond donors (Lipinski definition) is 1. The van der Waals surface area contributed by atoms with Crippen LogP contribution in [0.1, 0.15) is 81.1 Å². The Morgan fingerprint density at radius 3 is 2.25 bits per heavy atom. The molecule has 0 aliphatic rings. The molecular weight excluding hydrogens is 418 g/mol. The van der Waals surface area contributed by atoms with Gasteiger partial charge in [0, 0.05) is 28.9 Å². The molecule has 5 heteroatoms. The smallest absolute Gasteiger partial charge is 0.302 e. The van der Waals surface area contributed by atoms with Crippen LogP contribution < -0.4 is 5.32 Å². The number of hydrogen-bond acceptors (Lipinski definition) is 3. The highest BCUT2D eigenvalue weighted by Crippen LogP contribution is 2.33. The fraction of sp³-hybridized carbons (Fsp3) is 0.652. The molecule has 4 nitrogen and oxygen atoms in total. The first-order chi connectivity index (χ1) is 13.0. The molecule has 1 atom stereocenters. The van der Waals surface area contributed by atoms with E-state index >= 15 is 0 Å². The Labute approximate surface area is 180 Å². The van der Waals surface area contributed by atoms with Gasteiger partial charge in [-0.2, -0.15) is 0 Å². The predicted molar refractivity (Wildman–Crippen MR) is 121 cm³/mol. The van der Waals surface area contributed by atoms with Crippen molar-refractivity contribution in [2.24, 2.45) is 11.3 Å². The zero-order chi connectivity index (χ0) is 21.9. The maximum absolute atomic E-state index is 12.9. The van der Waals surface area contributed by atoms with Gasteiger partial charge in [0.15, 0.2) is 0 Å². The fourth-order valence-corrected chi connectivity index (χ4v) is 3.28. The normalized spacial score (nSPS) is 15.0. The zero-order valence-electron chi connectivity index (χ0n) is 18.9. The van der Waals surface area contributed by atoms with Crippen LogP contribution in [-0.2, 0) is 14.3 Å². The van der Waals surface area contributed by atoms with Crippen LogP contribution in [0.5, 0.6) is 0 Å². The van der Waals surface area contributed by atoms with Gasteiger partial charge in [-0.25, -0.2) is 0 Å². The van der Waals surface area contributed by atoms with E-state index in [2.05, 4.69) is 41.2 Å². The topological polar surface area (TPSA) is 55.4 Å². The third-order valence-corrected chi connectivity index (χ3v) is 6.11. The Kier molecular flexibility index (Phi) is 12.3. The van der Waals surface area contributed by atoms with E-state index in [1.165, 1.54) is 6.92 Å². The van der Waals surface area contributed by atoms with Crippen molar-refractivity contribution in [3.63, 3.8) is 0 Å². The number of ether oxygens (including phenoxy) is 1. The molecule has 0 aliphatic heterocycles. The van der Waals surface area contributed by atoms with Crippen molar-refractivity contribution in [1.82, 2.24) is 5.32 Å². The summed E-state index contributed by atoms with van der Waals surface area (Å²) in [7, 11) is 0. The summed E-state index contributed by atoms with van der Waals surface area (Å²) in [6.07, 6.45) is 7.39. The first kappa shape index (κ1) is 26.6. The standard InChI is InChI=1S/C23H38BrNO3/c1-9-12-13-16(4)22(17(5)20(24)11-3)25-21(27)14-19(10-2)23(7,8)15-28-18(6)26/h11,13,19H,9-10,12,14-15H2,1-8H3,(H,25,27)/b16-13+,20-11+,22-17+. The van der Waals surface area contributed by atoms with Gasteiger partial charge < -0.3 is 10.1 Å². The molecule has 0 saturated carbocycles. The summed E-state index contributed by atoms with van der Waals surface area (Å²) in [5, 5.41) is 3.14. The summed E-state index contributed by atoms with van der Waals surface area (Å²) in [6.45, 7) is 16.0. The molecule has 0 rings (SSSR count). The lowest BCUT2D eigenvalue weighted by atomic mass is 9.76. The summed E-state index contributed by atoms with van der Waals surface area (Å²) >= 11 is 3.58. The number of halogens is 1. The summed E-state index contributed by atoms with van der Waals surface area (Å²) in [5.41, 5.74) is 2.66. The summed E-state index contributed by atoms with van der Waals surface area (Å²) in [5.74, 6) is -0.197. The SMILES string of the molecule is C\C=C(Br)/C(C)=C(NC(=O)CC(CC)C(C)(C)COC(C)=O)\C(C)=C\CCC. The molecule has 0 heterocycles. The minimum Gasteiger partial charge on any atom is -0.465 e.